The first-order valence-corrected chi connectivity index (χ1v) is 11.9. The molecule has 0 fully saturated rings. The minimum Gasteiger partial charge on any atom is -0.510 e. The lowest BCUT2D eigenvalue weighted by molar-refractivity contribution is -0.148. The number of urea groups is 1. The van der Waals surface area contributed by atoms with Crippen LogP contribution in [0.3, 0.4) is 0 Å². The number of carbonyl (C=O) groups excluding carboxylic acids is 4. The second kappa shape index (κ2) is 9.03. The topological polar surface area (TPSA) is 220 Å². The molecule has 1 aromatic rings. The summed E-state index contributed by atoms with van der Waals surface area (Å²) in [5, 5.41) is 47.3. The lowest BCUT2D eigenvalue weighted by atomic mass is 9.58. The first-order valence-electron chi connectivity index (χ1n) is 11.9. The zero-order valence-corrected chi connectivity index (χ0v) is 21.4. The van der Waals surface area contributed by atoms with Crippen molar-refractivity contribution < 1.29 is 39.6 Å². The Morgan fingerprint density at radius 2 is 1.76 bits per heavy atom. The van der Waals surface area contributed by atoms with Gasteiger partial charge in [-0.05, 0) is 44.5 Å². The van der Waals surface area contributed by atoms with Gasteiger partial charge in [0.15, 0.2) is 11.4 Å². The van der Waals surface area contributed by atoms with E-state index in [9.17, 15) is 39.6 Å². The Kier molecular flexibility index (Phi) is 6.40. The van der Waals surface area contributed by atoms with E-state index in [1.165, 1.54) is 4.90 Å². The number of ketones is 2. The Labute approximate surface area is 218 Å². The maximum absolute atomic E-state index is 13.9. The van der Waals surface area contributed by atoms with Crippen LogP contribution >= 0.6 is 0 Å². The van der Waals surface area contributed by atoms with E-state index in [-0.39, 0.29) is 36.1 Å². The molecule has 204 valence electrons. The van der Waals surface area contributed by atoms with Gasteiger partial charge in [-0.1, -0.05) is 0 Å². The van der Waals surface area contributed by atoms with Crippen molar-refractivity contribution in [2.75, 3.05) is 33.1 Å². The molecule has 0 spiro atoms. The van der Waals surface area contributed by atoms with Crippen LogP contribution in [0.25, 0.3) is 0 Å². The molecule has 0 saturated heterocycles. The average molecular weight is 530 g/mol. The van der Waals surface area contributed by atoms with Crippen LogP contribution < -0.4 is 21.7 Å². The largest absolute Gasteiger partial charge is 0.510 e. The molecule has 3 amide bonds. The smallest absolute Gasteiger partial charge is 0.312 e. The summed E-state index contributed by atoms with van der Waals surface area (Å²) in [5.41, 5.74) is 7.77. The highest BCUT2D eigenvalue weighted by Gasteiger charge is 2.63. The van der Waals surface area contributed by atoms with Crippen molar-refractivity contribution >= 4 is 29.2 Å². The Bertz CT molecular complexity index is 1350. The normalized spacial score (nSPS) is 26.6. The standard InChI is InChI=1S/C25H31N5O8/c1-29(2)13-7-10(8-28-24(27)37)18(31)15-11(13)5-9-6-12-17(30(3)4)20(33)16(23(26)36)22(35)25(12,38)21(34)14(9)19(15)32/h7,9,12,17,31,33-34,38H,5-6,8H2,1-4H3,(H2,26,36)(H3,27,28,37). The maximum Gasteiger partial charge on any atom is 0.312 e. The molecular weight excluding hydrogens is 498 g/mol. The number of nitrogens with zero attached hydrogens (tertiary/aromatic N) is 2. The molecule has 0 saturated carbocycles. The molecule has 9 N–H and O–H groups in total. The van der Waals surface area contributed by atoms with E-state index in [2.05, 4.69) is 5.32 Å². The van der Waals surface area contributed by atoms with E-state index in [4.69, 9.17) is 11.5 Å². The number of phenolic OH excluding ortho intramolecular Hbond substituents is 1. The number of aromatic hydroxyl groups is 1. The van der Waals surface area contributed by atoms with Crippen molar-refractivity contribution in [1.82, 2.24) is 10.2 Å². The molecule has 38 heavy (non-hydrogen) atoms. The molecule has 4 rings (SSSR count). The molecule has 4 atom stereocenters. The van der Waals surface area contributed by atoms with E-state index in [1.54, 1.807) is 39.2 Å². The molecule has 4 unspecified atom stereocenters. The van der Waals surface area contributed by atoms with Crippen LogP contribution in [0.15, 0.2) is 28.7 Å². The van der Waals surface area contributed by atoms with Crippen molar-refractivity contribution in [3.63, 3.8) is 0 Å². The van der Waals surface area contributed by atoms with Crippen LogP contribution in [-0.4, -0.2) is 88.7 Å². The molecule has 0 aromatic heterocycles. The van der Waals surface area contributed by atoms with E-state index in [0.29, 0.717) is 11.3 Å². The Morgan fingerprint density at radius 3 is 2.29 bits per heavy atom. The highest BCUT2D eigenvalue weighted by atomic mass is 16.3. The summed E-state index contributed by atoms with van der Waals surface area (Å²) < 4.78 is 0. The van der Waals surface area contributed by atoms with Crippen LogP contribution in [0, 0.1) is 11.8 Å². The zero-order chi connectivity index (χ0) is 28.4. The summed E-state index contributed by atoms with van der Waals surface area (Å²) in [6.45, 7) is -0.182. The number of hydrogen-bond acceptors (Lipinski definition) is 10. The minimum absolute atomic E-state index is 0.00955. The number of phenols is 1. The van der Waals surface area contributed by atoms with Crippen LogP contribution in [-0.2, 0) is 22.6 Å². The van der Waals surface area contributed by atoms with E-state index < -0.39 is 69.8 Å². The highest BCUT2D eigenvalue weighted by Crippen LogP contribution is 2.53. The zero-order valence-electron chi connectivity index (χ0n) is 21.4. The van der Waals surface area contributed by atoms with Crippen molar-refractivity contribution in [3.05, 3.63) is 45.4 Å². The number of nitrogens with one attached hydrogen (secondary N) is 1. The Hall–Kier alpha value is -4.10. The summed E-state index contributed by atoms with van der Waals surface area (Å²) in [7, 11) is 6.61. The van der Waals surface area contributed by atoms with Gasteiger partial charge >= 0.3 is 6.03 Å². The SMILES string of the molecule is CN(C)c1cc(CNC(N)=O)c(O)c2c1CC1CC3C(N(C)C)C(O)=C(C(N)=O)C(=O)C3(O)C(O)=C1C2=O. The number of primary amides is 2. The fourth-order valence-corrected chi connectivity index (χ4v) is 6.07. The van der Waals surface area contributed by atoms with Crippen LogP contribution in [0.4, 0.5) is 10.5 Å². The number of fused-ring (bicyclic) bond motifs is 3. The Balaban J connectivity index is 1.96. The van der Waals surface area contributed by atoms with E-state index >= 15 is 0 Å². The maximum atomic E-state index is 13.9. The van der Waals surface area contributed by atoms with Gasteiger partial charge < -0.3 is 42.1 Å². The number of Topliss-reactive ketones (excluding diaryl/α,β-unsaturated/α-hetero) is 2. The van der Waals surface area contributed by atoms with Crippen molar-refractivity contribution in [2.45, 2.75) is 31.0 Å². The van der Waals surface area contributed by atoms with Crippen molar-refractivity contribution in [2.24, 2.45) is 23.3 Å². The van der Waals surface area contributed by atoms with Gasteiger partial charge in [0.25, 0.3) is 5.91 Å². The number of anilines is 1. The number of allylic oxidation sites excluding steroid dienone is 1. The van der Waals surface area contributed by atoms with Gasteiger partial charge in [0.2, 0.25) is 5.78 Å². The van der Waals surface area contributed by atoms with Gasteiger partial charge in [-0.2, -0.15) is 0 Å². The third kappa shape index (κ3) is 3.69. The molecule has 0 heterocycles. The predicted molar refractivity (Wildman–Crippen MR) is 134 cm³/mol. The van der Waals surface area contributed by atoms with Crippen LogP contribution in [0.2, 0.25) is 0 Å². The van der Waals surface area contributed by atoms with E-state index in [1.807, 2.05) is 0 Å². The molecule has 0 aliphatic heterocycles. The average Bonchev–Trinajstić information content (AvgIpc) is 2.80. The quantitative estimate of drug-likeness (QED) is 0.239. The fourth-order valence-electron chi connectivity index (χ4n) is 6.07. The van der Waals surface area contributed by atoms with Gasteiger partial charge in [-0.15, -0.1) is 0 Å². The number of benzene rings is 1. The molecular formula is C25H31N5O8. The molecule has 1 aromatic carbocycles. The van der Waals surface area contributed by atoms with Gasteiger partial charge in [0, 0.05) is 43.4 Å². The van der Waals surface area contributed by atoms with Crippen LogP contribution in [0.5, 0.6) is 5.75 Å². The first kappa shape index (κ1) is 26.9. The number of nitrogens with two attached hydrogens (primary N) is 2. The second-order valence-electron chi connectivity index (χ2n) is 10.3. The Morgan fingerprint density at radius 1 is 1.13 bits per heavy atom. The monoisotopic (exact) mass is 529 g/mol. The van der Waals surface area contributed by atoms with Crippen molar-refractivity contribution in [1.29, 1.82) is 0 Å². The first-order chi connectivity index (χ1) is 17.6. The number of aliphatic hydroxyl groups excluding tert-OH is 2. The highest BCUT2D eigenvalue weighted by molar-refractivity contribution is 6.25. The van der Waals surface area contributed by atoms with Gasteiger partial charge in [0.05, 0.1) is 11.6 Å². The van der Waals surface area contributed by atoms with Gasteiger partial charge in [-0.3, -0.25) is 19.3 Å². The number of aliphatic hydroxyl groups is 3. The predicted octanol–water partition coefficient (Wildman–Crippen LogP) is -0.645. The third-order valence-electron chi connectivity index (χ3n) is 7.71. The molecule has 13 heteroatoms. The molecule has 3 aliphatic carbocycles. The molecule has 0 radical (unpaired) electrons. The molecule has 3 aliphatic rings. The lowest BCUT2D eigenvalue weighted by Gasteiger charge is -2.50. The summed E-state index contributed by atoms with van der Waals surface area (Å²) >= 11 is 0. The van der Waals surface area contributed by atoms with Crippen molar-refractivity contribution in [3.8, 4) is 5.75 Å². The van der Waals surface area contributed by atoms with Gasteiger partial charge in [0.1, 0.15) is 22.8 Å². The summed E-state index contributed by atoms with van der Waals surface area (Å²) in [6.07, 6.45) is 0.142. The van der Waals surface area contributed by atoms with Gasteiger partial charge in [-0.25, -0.2) is 4.79 Å². The summed E-state index contributed by atoms with van der Waals surface area (Å²) in [5.74, 6) is -7.19. The second-order valence-corrected chi connectivity index (χ2v) is 10.3. The number of amides is 3. The summed E-state index contributed by atoms with van der Waals surface area (Å²) in [4.78, 5) is 53.8. The molecule has 13 nitrogen and oxygen atoms in total. The molecule has 0 bridgehead atoms. The summed E-state index contributed by atoms with van der Waals surface area (Å²) in [6, 6.07) is -0.288. The fraction of sp³-hybridized carbons (Fsp3) is 0.440. The van der Waals surface area contributed by atoms with E-state index in [0.717, 1.165) is 0 Å². The number of likely N-dealkylation sites (N-methyl/N-ethyl adjacent to an activating group) is 1. The number of rotatable bonds is 5. The van der Waals surface area contributed by atoms with Crippen LogP contribution in [0.1, 0.15) is 27.9 Å². The minimum atomic E-state index is -2.71. The third-order valence-corrected chi connectivity index (χ3v) is 7.71. The lowest BCUT2D eigenvalue weighted by Crippen LogP contribution is -2.63. The number of hydrogen-bond donors (Lipinski definition) is 7. The number of carbonyl (C=O) groups is 4.